The molecule has 1 heterocycles. The summed E-state index contributed by atoms with van der Waals surface area (Å²) in [5.41, 5.74) is 1.68. The van der Waals surface area contributed by atoms with Gasteiger partial charge in [0.2, 0.25) is 5.91 Å². The van der Waals surface area contributed by atoms with Gasteiger partial charge in [-0.15, -0.1) is 12.4 Å². The highest BCUT2D eigenvalue weighted by atomic mass is 35.5. The molecule has 0 aliphatic carbocycles. The second kappa shape index (κ2) is 11.5. The molecule has 0 aliphatic heterocycles. The molecule has 0 bridgehead atoms. The molecule has 0 aliphatic rings. The molecule has 1 amide bonds. The van der Waals surface area contributed by atoms with Gasteiger partial charge in [-0.1, -0.05) is 29.0 Å². The average Bonchev–Trinajstić information content (AvgIpc) is 3.17. The SMILES string of the molecule is COc1ccc(C)c2sc(N(CCCN(C)C)C(=O)CS(=O)(=O)c3ccc(Cl)cc3)nc12.Cl. The number of rotatable bonds is 9. The number of benzene rings is 2. The number of hydrogen-bond donors (Lipinski definition) is 0. The minimum absolute atomic E-state index is 0. The summed E-state index contributed by atoms with van der Waals surface area (Å²) in [4.78, 5) is 21.4. The standard InChI is InChI=1S/C22H26ClN3O4S2.ClH/c1-15-6-11-18(30-4)20-21(15)31-22(24-20)26(13-5-12-25(2)3)19(27)14-32(28,29)17-9-7-16(23)8-10-17;/h6-11H,5,12-14H2,1-4H3;1H. The van der Waals surface area contributed by atoms with Gasteiger partial charge in [-0.2, -0.15) is 0 Å². The number of amides is 1. The van der Waals surface area contributed by atoms with E-state index in [9.17, 15) is 13.2 Å². The van der Waals surface area contributed by atoms with E-state index in [0.717, 1.165) is 16.8 Å². The number of anilines is 1. The third-order valence-corrected chi connectivity index (χ3v) is 8.00. The maximum Gasteiger partial charge on any atom is 0.244 e. The zero-order valence-corrected chi connectivity index (χ0v) is 22.1. The van der Waals surface area contributed by atoms with Gasteiger partial charge >= 0.3 is 0 Å². The Morgan fingerprint density at radius 1 is 1.12 bits per heavy atom. The van der Waals surface area contributed by atoms with Crippen molar-refractivity contribution in [2.24, 2.45) is 0 Å². The van der Waals surface area contributed by atoms with Crippen LogP contribution in [-0.2, 0) is 14.6 Å². The largest absolute Gasteiger partial charge is 0.494 e. The topological polar surface area (TPSA) is 79.8 Å². The summed E-state index contributed by atoms with van der Waals surface area (Å²) in [5, 5.41) is 0.891. The van der Waals surface area contributed by atoms with Crippen LogP contribution < -0.4 is 9.64 Å². The number of carbonyl (C=O) groups is 1. The lowest BCUT2D eigenvalue weighted by atomic mass is 10.2. The Labute approximate surface area is 209 Å². The number of aromatic nitrogens is 1. The predicted molar refractivity (Wildman–Crippen MR) is 137 cm³/mol. The van der Waals surface area contributed by atoms with Crippen molar-refractivity contribution in [1.29, 1.82) is 0 Å². The molecule has 180 valence electrons. The number of halogens is 2. The van der Waals surface area contributed by atoms with Crippen LogP contribution in [0.1, 0.15) is 12.0 Å². The molecule has 0 unspecified atom stereocenters. The second-order valence-electron chi connectivity index (χ2n) is 7.67. The summed E-state index contributed by atoms with van der Waals surface area (Å²) >= 11 is 7.23. The Morgan fingerprint density at radius 3 is 2.39 bits per heavy atom. The number of sulfone groups is 1. The molecule has 3 aromatic rings. The smallest absolute Gasteiger partial charge is 0.244 e. The van der Waals surface area contributed by atoms with Crippen molar-refractivity contribution < 1.29 is 17.9 Å². The summed E-state index contributed by atoms with van der Waals surface area (Å²) in [6.07, 6.45) is 0.672. The molecule has 0 N–H and O–H groups in total. The summed E-state index contributed by atoms with van der Waals surface area (Å²) < 4.78 is 32.1. The van der Waals surface area contributed by atoms with E-state index < -0.39 is 21.5 Å². The van der Waals surface area contributed by atoms with Crippen molar-refractivity contribution in [2.45, 2.75) is 18.2 Å². The summed E-state index contributed by atoms with van der Waals surface area (Å²) in [6.45, 7) is 3.07. The van der Waals surface area contributed by atoms with Gasteiger partial charge in [0.05, 0.1) is 16.7 Å². The Bertz CT molecular complexity index is 1210. The van der Waals surface area contributed by atoms with E-state index in [1.165, 1.54) is 40.5 Å². The Hall–Kier alpha value is -1.91. The molecule has 0 saturated heterocycles. The molecule has 0 saturated carbocycles. The molecule has 11 heteroatoms. The molecular formula is C22H27Cl2N3O4S2. The highest BCUT2D eigenvalue weighted by Gasteiger charge is 2.27. The first kappa shape index (κ1) is 27.3. The van der Waals surface area contributed by atoms with Crippen LogP contribution in [0.15, 0.2) is 41.3 Å². The minimum atomic E-state index is -3.83. The van der Waals surface area contributed by atoms with E-state index in [1.54, 1.807) is 7.11 Å². The molecular weight excluding hydrogens is 505 g/mol. The van der Waals surface area contributed by atoms with Crippen LogP contribution >= 0.6 is 35.3 Å². The van der Waals surface area contributed by atoms with Gasteiger partial charge in [0.25, 0.3) is 0 Å². The Balaban J connectivity index is 0.00000385. The predicted octanol–water partition coefficient (Wildman–Crippen LogP) is 4.45. The molecule has 0 fully saturated rings. The van der Waals surface area contributed by atoms with Crippen molar-refractivity contribution in [3.05, 3.63) is 47.0 Å². The van der Waals surface area contributed by atoms with Crippen LogP contribution in [0, 0.1) is 6.92 Å². The normalized spacial score (nSPS) is 11.5. The zero-order chi connectivity index (χ0) is 23.5. The van der Waals surface area contributed by atoms with Crippen LogP contribution in [0.5, 0.6) is 5.75 Å². The fraction of sp³-hybridized carbons (Fsp3) is 0.364. The first-order valence-corrected chi connectivity index (χ1v) is 12.8. The molecule has 2 aromatic carbocycles. The van der Waals surface area contributed by atoms with Gasteiger partial charge in [-0.25, -0.2) is 13.4 Å². The van der Waals surface area contributed by atoms with Crippen molar-refractivity contribution in [3.8, 4) is 5.75 Å². The van der Waals surface area contributed by atoms with E-state index in [1.807, 2.05) is 38.1 Å². The number of thiazole rings is 1. The van der Waals surface area contributed by atoms with Gasteiger partial charge in [-0.05, 0) is 69.9 Å². The monoisotopic (exact) mass is 531 g/mol. The van der Waals surface area contributed by atoms with E-state index in [-0.39, 0.29) is 17.3 Å². The maximum absolute atomic E-state index is 13.2. The molecule has 3 rings (SSSR count). The summed E-state index contributed by atoms with van der Waals surface area (Å²) in [6, 6.07) is 9.59. The summed E-state index contributed by atoms with van der Waals surface area (Å²) in [7, 11) is 1.64. The van der Waals surface area contributed by atoms with Crippen molar-refractivity contribution in [1.82, 2.24) is 9.88 Å². The number of hydrogen-bond acceptors (Lipinski definition) is 7. The second-order valence-corrected chi connectivity index (χ2v) is 11.1. The number of aryl methyl sites for hydroxylation is 1. The van der Waals surface area contributed by atoms with E-state index >= 15 is 0 Å². The Morgan fingerprint density at radius 2 is 1.79 bits per heavy atom. The minimum Gasteiger partial charge on any atom is -0.494 e. The number of methoxy groups -OCH3 is 1. The number of carbonyl (C=O) groups excluding carboxylic acids is 1. The molecule has 33 heavy (non-hydrogen) atoms. The lowest BCUT2D eigenvalue weighted by Crippen LogP contribution is -2.37. The molecule has 0 atom stereocenters. The van der Waals surface area contributed by atoms with Gasteiger partial charge in [0.15, 0.2) is 15.0 Å². The molecule has 1 aromatic heterocycles. The highest BCUT2D eigenvalue weighted by molar-refractivity contribution is 7.92. The van der Waals surface area contributed by atoms with Crippen LogP contribution in [0.4, 0.5) is 5.13 Å². The number of ether oxygens (including phenoxy) is 1. The van der Waals surface area contributed by atoms with Crippen molar-refractivity contribution >= 4 is 66.4 Å². The first-order valence-electron chi connectivity index (χ1n) is 10.00. The summed E-state index contributed by atoms with van der Waals surface area (Å²) in [5.74, 6) is -0.556. The fourth-order valence-electron chi connectivity index (χ4n) is 3.22. The number of fused-ring (bicyclic) bond motifs is 1. The quantitative estimate of drug-likeness (QED) is 0.405. The maximum atomic E-state index is 13.2. The van der Waals surface area contributed by atoms with E-state index in [4.69, 9.17) is 16.3 Å². The van der Waals surface area contributed by atoms with Crippen molar-refractivity contribution in [3.63, 3.8) is 0 Å². The van der Waals surface area contributed by atoms with Crippen LogP contribution in [0.25, 0.3) is 10.2 Å². The first-order chi connectivity index (χ1) is 15.1. The lowest BCUT2D eigenvalue weighted by Gasteiger charge is -2.21. The van der Waals surface area contributed by atoms with Gasteiger partial charge < -0.3 is 9.64 Å². The third kappa shape index (κ3) is 6.58. The van der Waals surface area contributed by atoms with Gasteiger partial charge in [-0.3, -0.25) is 9.69 Å². The highest BCUT2D eigenvalue weighted by Crippen LogP contribution is 2.36. The van der Waals surface area contributed by atoms with Crippen LogP contribution in [0.3, 0.4) is 0 Å². The average molecular weight is 533 g/mol. The van der Waals surface area contributed by atoms with Crippen LogP contribution in [0.2, 0.25) is 5.02 Å². The van der Waals surface area contributed by atoms with Gasteiger partial charge in [0, 0.05) is 11.6 Å². The zero-order valence-electron chi connectivity index (χ0n) is 18.9. The van der Waals surface area contributed by atoms with Crippen molar-refractivity contribution in [2.75, 3.05) is 44.9 Å². The number of nitrogens with zero attached hydrogens (tertiary/aromatic N) is 3. The third-order valence-electron chi connectivity index (χ3n) is 4.92. The van der Waals surface area contributed by atoms with Crippen LogP contribution in [-0.4, -0.2) is 64.3 Å². The molecule has 0 spiro atoms. The Kier molecular flexibility index (Phi) is 9.51. The van der Waals surface area contributed by atoms with E-state index in [0.29, 0.717) is 34.4 Å². The molecule has 7 nitrogen and oxygen atoms in total. The molecule has 0 radical (unpaired) electrons. The van der Waals surface area contributed by atoms with E-state index in [2.05, 4.69) is 4.98 Å². The van der Waals surface area contributed by atoms with Gasteiger partial charge in [0.1, 0.15) is 17.0 Å². The fourth-order valence-corrected chi connectivity index (χ4v) is 5.64. The lowest BCUT2D eigenvalue weighted by molar-refractivity contribution is -0.116.